The van der Waals surface area contributed by atoms with Crippen molar-refractivity contribution in [1.29, 1.82) is 0 Å². The number of ether oxygens (including phenoxy) is 1. The maximum absolute atomic E-state index is 12.0. The molecular formula is C20H26N2O2. The van der Waals surface area contributed by atoms with Crippen molar-refractivity contribution in [3.63, 3.8) is 0 Å². The fraction of sp³-hybridized carbons (Fsp3) is 0.350. The summed E-state index contributed by atoms with van der Waals surface area (Å²) in [6.45, 7) is 3.21. The predicted molar refractivity (Wildman–Crippen MR) is 97.8 cm³/mol. The molecule has 0 spiro atoms. The quantitative estimate of drug-likeness (QED) is 0.693. The highest BCUT2D eigenvalue weighted by Crippen LogP contribution is 2.13. The van der Waals surface area contributed by atoms with Gasteiger partial charge in [-0.3, -0.25) is 4.79 Å². The van der Waals surface area contributed by atoms with Gasteiger partial charge in [0.1, 0.15) is 0 Å². The van der Waals surface area contributed by atoms with Crippen LogP contribution in [0.2, 0.25) is 0 Å². The largest absolute Gasteiger partial charge is 0.376 e. The molecule has 0 fully saturated rings. The number of nitrogens with one attached hydrogen (secondary N) is 1. The summed E-state index contributed by atoms with van der Waals surface area (Å²) in [5, 5.41) is 2.86. The Balaban J connectivity index is 1.79. The summed E-state index contributed by atoms with van der Waals surface area (Å²) in [6, 6.07) is 17.5. The average Bonchev–Trinajstić information content (AvgIpc) is 2.60. The molecule has 1 amide bonds. The fourth-order valence-corrected chi connectivity index (χ4v) is 2.44. The highest BCUT2D eigenvalue weighted by atomic mass is 16.5. The van der Waals surface area contributed by atoms with Crippen molar-refractivity contribution in [3.05, 3.63) is 65.7 Å². The Hall–Kier alpha value is -2.17. The van der Waals surface area contributed by atoms with Crippen LogP contribution in [0.25, 0.3) is 0 Å². The van der Waals surface area contributed by atoms with Gasteiger partial charge in [-0.05, 0) is 36.1 Å². The van der Waals surface area contributed by atoms with Crippen molar-refractivity contribution in [2.75, 3.05) is 11.9 Å². The third-order valence-electron chi connectivity index (χ3n) is 3.78. The summed E-state index contributed by atoms with van der Waals surface area (Å²) in [4.78, 5) is 12.0. The zero-order valence-corrected chi connectivity index (χ0v) is 14.2. The molecule has 4 heteroatoms. The molecule has 1 atom stereocenters. The van der Waals surface area contributed by atoms with E-state index in [0.29, 0.717) is 19.6 Å². The van der Waals surface area contributed by atoms with Crippen LogP contribution in [0.4, 0.5) is 5.69 Å². The van der Waals surface area contributed by atoms with Gasteiger partial charge in [-0.15, -0.1) is 0 Å². The molecule has 1 unspecified atom stereocenters. The Kier molecular flexibility index (Phi) is 7.46. The van der Waals surface area contributed by atoms with Crippen LogP contribution in [-0.2, 0) is 22.6 Å². The van der Waals surface area contributed by atoms with Gasteiger partial charge in [-0.2, -0.15) is 0 Å². The monoisotopic (exact) mass is 326 g/mol. The Morgan fingerprint density at radius 2 is 1.88 bits per heavy atom. The minimum Gasteiger partial charge on any atom is -0.376 e. The molecule has 128 valence electrons. The first-order chi connectivity index (χ1) is 11.7. The van der Waals surface area contributed by atoms with E-state index >= 15 is 0 Å². The number of nitrogens with two attached hydrogens (primary N) is 1. The molecule has 2 aromatic carbocycles. The minimum atomic E-state index is -0.458. The molecule has 4 nitrogen and oxygen atoms in total. The molecule has 0 aromatic heterocycles. The van der Waals surface area contributed by atoms with Gasteiger partial charge in [0.25, 0.3) is 0 Å². The molecule has 2 aromatic rings. The number of anilines is 1. The van der Waals surface area contributed by atoms with Crippen LogP contribution in [0.5, 0.6) is 0 Å². The lowest BCUT2D eigenvalue weighted by Crippen LogP contribution is -2.35. The van der Waals surface area contributed by atoms with Gasteiger partial charge in [-0.25, -0.2) is 0 Å². The summed E-state index contributed by atoms with van der Waals surface area (Å²) >= 11 is 0. The molecule has 0 aliphatic rings. The molecule has 0 saturated carbocycles. The Bertz CT molecular complexity index is 629. The molecule has 0 aliphatic carbocycles. The second-order valence-corrected chi connectivity index (χ2v) is 5.87. The lowest BCUT2D eigenvalue weighted by molar-refractivity contribution is -0.117. The van der Waals surface area contributed by atoms with Crippen LogP contribution in [0.1, 0.15) is 30.9 Å². The maximum atomic E-state index is 12.0. The normalized spacial score (nSPS) is 11.9. The van der Waals surface area contributed by atoms with E-state index in [-0.39, 0.29) is 5.91 Å². The zero-order valence-electron chi connectivity index (χ0n) is 14.2. The highest BCUT2D eigenvalue weighted by molar-refractivity contribution is 5.94. The topological polar surface area (TPSA) is 64.4 Å². The van der Waals surface area contributed by atoms with Gasteiger partial charge in [0, 0.05) is 5.69 Å². The molecule has 2 rings (SSSR count). The maximum Gasteiger partial charge on any atom is 0.241 e. The number of hydrogen-bond donors (Lipinski definition) is 2. The summed E-state index contributed by atoms with van der Waals surface area (Å²) in [5.41, 5.74) is 8.89. The van der Waals surface area contributed by atoms with Gasteiger partial charge in [-0.1, -0.05) is 55.8 Å². The summed E-state index contributed by atoms with van der Waals surface area (Å²) in [5.74, 6) is -0.140. The van der Waals surface area contributed by atoms with E-state index in [9.17, 15) is 4.79 Å². The number of benzene rings is 2. The summed E-state index contributed by atoms with van der Waals surface area (Å²) < 4.78 is 5.73. The molecule has 0 bridgehead atoms. The first-order valence-electron chi connectivity index (χ1n) is 8.46. The molecule has 0 radical (unpaired) electrons. The van der Waals surface area contributed by atoms with Crippen LogP contribution in [-0.4, -0.2) is 18.6 Å². The molecule has 24 heavy (non-hydrogen) atoms. The number of rotatable bonds is 9. The third-order valence-corrected chi connectivity index (χ3v) is 3.78. The fourth-order valence-electron chi connectivity index (χ4n) is 2.44. The smallest absolute Gasteiger partial charge is 0.241 e. The van der Waals surface area contributed by atoms with Gasteiger partial charge < -0.3 is 15.8 Å². The lowest BCUT2D eigenvalue weighted by Gasteiger charge is -2.12. The number of hydrogen-bond acceptors (Lipinski definition) is 3. The van der Waals surface area contributed by atoms with Crippen LogP contribution in [0.15, 0.2) is 54.6 Å². The summed E-state index contributed by atoms with van der Waals surface area (Å²) in [7, 11) is 0. The Labute approximate surface area is 144 Å². The van der Waals surface area contributed by atoms with Gasteiger partial charge in [0.2, 0.25) is 5.91 Å². The van der Waals surface area contributed by atoms with E-state index in [1.807, 2.05) is 49.4 Å². The van der Waals surface area contributed by atoms with E-state index < -0.39 is 6.04 Å². The summed E-state index contributed by atoms with van der Waals surface area (Å²) in [6.07, 6.45) is 2.47. The molecule has 0 heterocycles. The second-order valence-electron chi connectivity index (χ2n) is 5.87. The van der Waals surface area contributed by atoms with Gasteiger partial charge >= 0.3 is 0 Å². The lowest BCUT2D eigenvalue weighted by atomic mass is 10.1. The number of carbonyl (C=O) groups excluding carboxylic acids is 1. The first-order valence-corrected chi connectivity index (χ1v) is 8.46. The molecule has 3 N–H and O–H groups in total. The van der Waals surface area contributed by atoms with Crippen LogP contribution >= 0.6 is 0 Å². The molecule has 0 aliphatic heterocycles. The highest BCUT2D eigenvalue weighted by Gasteiger charge is 2.12. The van der Waals surface area contributed by atoms with Gasteiger partial charge in [0.15, 0.2) is 0 Å². The van der Waals surface area contributed by atoms with E-state index in [0.717, 1.165) is 24.1 Å². The van der Waals surface area contributed by atoms with Crippen molar-refractivity contribution in [1.82, 2.24) is 0 Å². The van der Waals surface area contributed by atoms with Crippen LogP contribution in [0.3, 0.4) is 0 Å². The zero-order chi connectivity index (χ0) is 17.2. The van der Waals surface area contributed by atoms with Crippen LogP contribution < -0.4 is 11.1 Å². The molecule has 0 saturated heterocycles. The molecular weight excluding hydrogens is 300 g/mol. The third kappa shape index (κ3) is 6.14. The minimum absolute atomic E-state index is 0.140. The van der Waals surface area contributed by atoms with E-state index in [1.165, 1.54) is 5.56 Å². The van der Waals surface area contributed by atoms with Crippen LogP contribution in [0, 0.1) is 0 Å². The van der Waals surface area contributed by atoms with Crippen molar-refractivity contribution >= 4 is 11.6 Å². The second kappa shape index (κ2) is 9.85. The van der Waals surface area contributed by atoms with Crippen molar-refractivity contribution < 1.29 is 9.53 Å². The number of carbonyl (C=O) groups is 1. The van der Waals surface area contributed by atoms with E-state index in [4.69, 9.17) is 10.5 Å². The Morgan fingerprint density at radius 1 is 1.12 bits per heavy atom. The SMILES string of the molecule is CCCC(N)C(=O)Nc1cccc(COCCc2ccccc2)c1. The van der Waals surface area contributed by atoms with E-state index in [1.54, 1.807) is 0 Å². The van der Waals surface area contributed by atoms with Crippen molar-refractivity contribution in [3.8, 4) is 0 Å². The van der Waals surface area contributed by atoms with Gasteiger partial charge in [0.05, 0.1) is 19.3 Å². The predicted octanol–water partition coefficient (Wildman–Crippen LogP) is 3.51. The standard InChI is InChI=1S/C20H26N2O2/c1-2-7-19(21)20(23)22-18-11-6-10-17(14-18)15-24-13-12-16-8-4-3-5-9-16/h3-6,8-11,14,19H,2,7,12-13,15,21H2,1H3,(H,22,23). The number of amides is 1. The van der Waals surface area contributed by atoms with E-state index in [2.05, 4.69) is 17.4 Å². The first kappa shape index (κ1) is 18.2. The van der Waals surface area contributed by atoms with Crippen molar-refractivity contribution in [2.45, 2.75) is 38.8 Å². The Morgan fingerprint density at radius 3 is 2.62 bits per heavy atom. The van der Waals surface area contributed by atoms with Crippen molar-refractivity contribution in [2.24, 2.45) is 5.73 Å². The average molecular weight is 326 g/mol.